The minimum Gasteiger partial charge on any atom is -0.385 e. The molecular formula is C20H24N2. The van der Waals surface area contributed by atoms with Gasteiger partial charge in [0.05, 0.1) is 6.04 Å². The largest absolute Gasteiger partial charge is 0.385 e. The molecule has 0 aliphatic heterocycles. The molecule has 0 unspecified atom stereocenters. The fourth-order valence-corrected chi connectivity index (χ4v) is 3.15. The number of nitrogens with one attached hydrogen (secondary N) is 1. The van der Waals surface area contributed by atoms with E-state index in [4.69, 9.17) is 4.99 Å². The number of hydrogen-bond donors (Lipinski definition) is 1. The van der Waals surface area contributed by atoms with Crippen molar-refractivity contribution in [1.82, 2.24) is 0 Å². The average molecular weight is 292 g/mol. The van der Waals surface area contributed by atoms with E-state index in [0.29, 0.717) is 12.0 Å². The quantitative estimate of drug-likeness (QED) is 0.788. The van der Waals surface area contributed by atoms with Gasteiger partial charge in [-0.3, -0.25) is 4.99 Å². The van der Waals surface area contributed by atoms with E-state index in [2.05, 4.69) is 59.9 Å². The summed E-state index contributed by atoms with van der Waals surface area (Å²) in [5.41, 5.74) is 2.40. The number of hydrogen-bond acceptors (Lipinski definition) is 2. The van der Waals surface area contributed by atoms with Gasteiger partial charge in [0.1, 0.15) is 0 Å². The number of aliphatic imine (C=N–C) groups is 1. The molecule has 2 atom stereocenters. The van der Waals surface area contributed by atoms with Gasteiger partial charge in [-0.15, -0.1) is 0 Å². The minimum absolute atomic E-state index is 0.449. The van der Waals surface area contributed by atoms with Crippen molar-refractivity contribution in [2.75, 3.05) is 11.9 Å². The zero-order chi connectivity index (χ0) is 15.0. The summed E-state index contributed by atoms with van der Waals surface area (Å²) in [6.45, 7) is 1.01. The lowest BCUT2D eigenvalue weighted by atomic mass is 9.84. The predicted octanol–water partition coefficient (Wildman–Crippen LogP) is 4.78. The second kappa shape index (κ2) is 7.79. The van der Waals surface area contributed by atoms with Crippen LogP contribution in [0.25, 0.3) is 0 Å². The van der Waals surface area contributed by atoms with Gasteiger partial charge in [0.15, 0.2) is 0 Å². The van der Waals surface area contributed by atoms with Crippen molar-refractivity contribution < 1.29 is 0 Å². The summed E-state index contributed by atoms with van der Waals surface area (Å²) < 4.78 is 0. The highest BCUT2D eigenvalue weighted by Crippen LogP contribution is 2.27. The van der Waals surface area contributed by atoms with Gasteiger partial charge in [-0.2, -0.15) is 0 Å². The highest BCUT2D eigenvalue weighted by molar-refractivity contribution is 5.79. The molecule has 1 N–H and O–H groups in total. The summed E-state index contributed by atoms with van der Waals surface area (Å²) in [5, 5.41) is 3.57. The second-order valence-corrected chi connectivity index (χ2v) is 6.05. The summed E-state index contributed by atoms with van der Waals surface area (Å²) in [6.07, 6.45) is 7.17. The van der Waals surface area contributed by atoms with E-state index < -0.39 is 0 Å². The Hall–Kier alpha value is -2.09. The number of nitrogens with zero attached hydrogens (tertiary/aromatic N) is 1. The Bertz CT molecular complexity index is 577. The van der Waals surface area contributed by atoms with Crippen molar-refractivity contribution in [3.05, 3.63) is 66.2 Å². The van der Waals surface area contributed by atoms with Gasteiger partial charge in [-0.05, 0) is 36.5 Å². The van der Waals surface area contributed by atoms with Crippen LogP contribution in [0.2, 0.25) is 0 Å². The van der Waals surface area contributed by atoms with E-state index in [-0.39, 0.29) is 0 Å². The molecule has 114 valence electrons. The number of para-hydroxylation sites is 1. The smallest absolute Gasteiger partial charge is 0.0544 e. The van der Waals surface area contributed by atoms with Crippen molar-refractivity contribution in [3.8, 4) is 0 Å². The lowest BCUT2D eigenvalue weighted by molar-refractivity contribution is 0.324. The van der Waals surface area contributed by atoms with Crippen LogP contribution in [0.4, 0.5) is 5.69 Å². The van der Waals surface area contributed by atoms with Crippen LogP contribution >= 0.6 is 0 Å². The normalized spacial score (nSPS) is 21.8. The molecular weight excluding hydrogens is 268 g/mol. The molecule has 3 rings (SSSR count). The first-order valence-electron chi connectivity index (χ1n) is 8.29. The standard InChI is InChI=1S/C20H24N2/c1-3-9-17(10-4-1)15-22-20-14-8-7-11-18(20)16-21-19-12-5-2-6-13-19/h1-6,9-10,12-13,15,18,20-21H,7-8,11,14,16H2/t18-,20+/m0/s1. The van der Waals surface area contributed by atoms with Crippen LogP contribution in [0.1, 0.15) is 31.2 Å². The summed E-state index contributed by atoms with van der Waals surface area (Å²) in [7, 11) is 0. The Kier molecular flexibility index (Phi) is 5.25. The van der Waals surface area contributed by atoms with Crippen LogP contribution in [-0.2, 0) is 0 Å². The lowest BCUT2D eigenvalue weighted by Gasteiger charge is -2.29. The van der Waals surface area contributed by atoms with Crippen molar-refractivity contribution in [2.24, 2.45) is 10.9 Å². The summed E-state index contributed by atoms with van der Waals surface area (Å²) in [5.74, 6) is 0.633. The molecule has 1 aliphatic carbocycles. The van der Waals surface area contributed by atoms with Gasteiger partial charge in [-0.1, -0.05) is 61.4 Å². The fourth-order valence-electron chi connectivity index (χ4n) is 3.15. The van der Waals surface area contributed by atoms with Gasteiger partial charge >= 0.3 is 0 Å². The molecule has 0 aromatic heterocycles. The lowest BCUT2D eigenvalue weighted by Crippen LogP contribution is -2.29. The molecule has 0 spiro atoms. The van der Waals surface area contributed by atoms with Crippen LogP contribution in [0.3, 0.4) is 0 Å². The minimum atomic E-state index is 0.449. The Morgan fingerprint density at radius 3 is 2.36 bits per heavy atom. The van der Waals surface area contributed by atoms with E-state index in [1.807, 2.05) is 12.3 Å². The summed E-state index contributed by atoms with van der Waals surface area (Å²) in [4.78, 5) is 4.88. The maximum Gasteiger partial charge on any atom is 0.0544 e. The zero-order valence-corrected chi connectivity index (χ0v) is 13.0. The molecule has 0 heterocycles. The Morgan fingerprint density at radius 2 is 1.59 bits per heavy atom. The monoisotopic (exact) mass is 292 g/mol. The Labute approximate surface area is 133 Å². The third kappa shape index (κ3) is 4.20. The van der Waals surface area contributed by atoms with Crippen molar-refractivity contribution in [1.29, 1.82) is 0 Å². The molecule has 2 nitrogen and oxygen atoms in total. The molecule has 22 heavy (non-hydrogen) atoms. The Morgan fingerprint density at radius 1 is 0.909 bits per heavy atom. The van der Waals surface area contributed by atoms with Crippen LogP contribution in [-0.4, -0.2) is 18.8 Å². The average Bonchev–Trinajstić information content (AvgIpc) is 2.61. The van der Waals surface area contributed by atoms with Crippen LogP contribution in [0.5, 0.6) is 0 Å². The van der Waals surface area contributed by atoms with Gasteiger partial charge in [-0.25, -0.2) is 0 Å². The van der Waals surface area contributed by atoms with Gasteiger partial charge in [0, 0.05) is 18.4 Å². The van der Waals surface area contributed by atoms with E-state index in [1.165, 1.54) is 36.9 Å². The maximum atomic E-state index is 4.88. The molecule has 2 aromatic carbocycles. The maximum absolute atomic E-state index is 4.88. The van der Waals surface area contributed by atoms with Gasteiger partial charge in [0.2, 0.25) is 0 Å². The molecule has 2 aromatic rings. The van der Waals surface area contributed by atoms with Crippen molar-refractivity contribution >= 4 is 11.9 Å². The van der Waals surface area contributed by atoms with E-state index >= 15 is 0 Å². The highest BCUT2D eigenvalue weighted by Gasteiger charge is 2.23. The third-order valence-corrected chi connectivity index (χ3v) is 4.43. The number of rotatable bonds is 5. The topological polar surface area (TPSA) is 24.4 Å². The zero-order valence-electron chi connectivity index (χ0n) is 13.0. The van der Waals surface area contributed by atoms with E-state index in [9.17, 15) is 0 Å². The third-order valence-electron chi connectivity index (χ3n) is 4.43. The van der Waals surface area contributed by atoms with Crippen molar-refractivity contribution in [2.45, 2.75) is 31.7 Å². The van der Waals surface area contributed by atoms with Crippen molar-refractivity contribution in [3.63, 3.8) is 0 Å². The molecule has 1 saturated carbocycles. The van der Waals surface area contributed by atoms with E-state index in [0.717, 1.165) is 6.54 Å². The molecule has 1 fully saturated rings. The molecule has 0 bridgehead atoms. The fraction of sp³-hybridized carbons (Fsp3) is 0.350. The molecule has 0 radical (unpaired) electrons. The highest BCUT2D eigenvalue weighted by atomic mass is 14.9. The van der Waals surface area contributed by atoms with E-state index in [1.54, 1.807) is 0 Å². The predicted molar refractivity (Wildman–Crippen MR) is 94.7 cm³/mol. The van der Waals surface area contributed by atoms with Gasteiger partial charge in [0.25, 0.3) is 0 Å². The second-order valence-electron chi connectivity index (χ2n) is 6.05. The summed E-state index contributed by atoms with van der Waals surface area (Å²) in [6, 6.07) is 21.3. The molecule has 2 heteroatoms. The van der Waals surface area contributed by atoms with Crippen LogP contribution < -0.4 is 5.32 Å². The van der Waals surface area contributed by atoms with Crippen LogP contribution in [0, 0.1) is 5.92 Å². The first-order valence-corrected chi connectivity index (χ1v) is 8.29. The summed E-state index contributed by atoms with van der Waals surface area (Å²) >= 11 is 0. The van der Waals surface area contributed by atoms with Crippen LogP contribution in [0.15, 0.2) is 65.7 Å². The SMILES string of the molecule is C(=N[C@@H]1CCCC[C@H]1CNc1ccccc1)c1ccccc1. The van der Waals surface area contributed by atoms with Gasteiger partial charge < -0.3 is 5.32 Å². The Balaban J connectivity index is 1.60. The molecule has 0 saturated heterocycles. The number of benzene rings is 2. The first-order chi connectivity index (χ1) is 10.9. The number of anilines is 1. The molecule has 1 aliphatic rings. The first kappa shape index (κ1) is 14.8. The molecule has 0 amide bonds.